The first kappa shape index (κ1) is 13.8. The predicted octanol–water partition coefficient (Wildman–Crippen LogP) is 4.11. The zero-order valence-electron chi connectivity index (χ0n) is 11.3. The van der Waals surface area contributed by atoms with Crippen LogP contribution < -0.4 is 15.4 Å². The molecule has 1 heterocycles. The number of hydrogen-bond donors (Lipinski definition) is 2. The molecular formula is C15H13N3OS2. The lowest BCUT2D eigenvalue weighted by molar-refractivity contribution is 0.415. The number of hydrogen-bond acceptors (Lipinski definition) is 4. The van der Waals surface area contributed by atoms with Crippen LogP contribution in [0, 0.1) is 0 Å². The monoisotopic (exact) mass is 315 g/mol. The molecule has 21 heavy (non-hydrogen) atoms. The minimum atomic E-state index is 0.513. The van der Waals surface area contributed by atoms with E-state index in [0.29, 0.717) is 5.11 Å². The van der Waals surface area contributed by atoms with Gasteiger partial charge in [0, 0.05) is 5.69 Å². The second-order valence-corrected chi connectivity index (χ2v) is 5.73. The molecule has 2 N–H and O–H groups in total. The van der Waals surface area contributed by atoms with Gasteiger partial charge in [0.2, 0.25) is 0 Å². The average Bonchev–Trinajstić information content (AvgIpc) is 2.90. The van der Waals surface area contributed by atoms with Gasteiger partial charge in [-0.25, -0.2) is 4.98 Å². The van der Waals surface area contributed by atoms with Gasteiger partial charge in [0.25, 0.3) is 0 Å². The Bertz CT molecular complexity index is 735. The van der Waals surface area contributed by atoms with E-state index in [-0.39, 0.29) is 0 Å². The zero-order chi connectivity index (χ0) is 14.7. The number of methoxy groups -OCH3 is 1. The molecule has 2 aromatic carbocycles. The van der Waals surface area contributed by atoms with Gasteiger partial charge in [-0.3, -0.25) is 0 Å². The van der Waals surface area contributed by atoms with Crippen molar-refractivity contribution < 1.29 is 4.74 Å². The molecule has 0 radical (unpaired) electrons. The first-order valence-corrected chi connectivity index (χ1v) is 7.55. The van der Waals surface area contributed by atoms with Crippen LogP contribution in [0.15, 0.2) is 48.5 Å². The fourth-order valence-corrected chi connectivity index (χ4v) is 3.01. The van der Waals surface area contributed by atoms with Crippen molar-refractivity contribution in [3.05, 3.63) is 48.5 Å². The standard InChI is InChI=1S/C15H13N3OS2/c1-19-11-8-6-10(7-9-11)16-14(20)18-15-17-12-4-2-3-5-13(12)21-15/h2-9H,1H3,(H2,16,17,18,20). The van der Waals surface area contributed by atoms with Gasteiger partial charge in [0.15, 0.2) is 10.2 Å². The van der Waals surface area contributed by atoms with Crippen LogP contribution in [0.4, 0.5) is 10.8 Å². The fraction of sp³-hybridized carbons (Fsp3) is 0.0667. The molecule has 0 saturated carbocycles. The Kier molecular flexibility index (Phi) is 3.98. The minimum absolute atomic E-state index is 0.513. The number of benzene rings is 2. The highest BCUT2D eigenvalue weighted by Gasteiger charge is 2.05. The molecule has 3 rings (SSSR count). The lowest BCUT2D eigenvalue weighted by atomic mass is 10.3. The molecule has 0 spiro atoms. The van der Waals surface area contributed by atoms with Crippen molar-refractivity contribution in [1.29, 1.82) is 0 Å². The van der Waals surface area contributed by atoms with Crippen LogP contribution in [0.25, 0.3) is 10.2 Å². The van der Waals surface area contributed by atoms with Crippen molar-refractivity contribution in [2.24, 2.45) is 0 Å². The number of fused-ring (bicyclic) bond motifs is 1. The number of ether oxygens (including phenoxy) is 1. The number of nitrogens with zero attached hydrogens (tertiary/aromatic N) is 1. The second-order valence-electron chi connectivity index (χ2n) is 4.29. The summed E-state index contributed by atoms with van der Waals surface area (Å²) < 4.78 is 6.25. The predicted molar refractivity (Wildman–Crippen MR) is 92.5 cm³/mol. The van der Waals surface area contributed by atoms with E-state index in [1.54, 1.807) is 18.4 Å². The Labute approximate surface area is 131 Å². The van der Waals surface area contributed by atoms with Crippen LogP contribution in [0.1, 0.15) is 0 Å². The van der Waals surface area contributed by atoms with E-state index in [4.69, 9.17) is 17.0 Å². The molecule has 0 fully saturated rings. The topological polar surface area (TPSA) is 46.2 Å². The number of nitrogens with one attached hydrogen (secondary N) is 2. The third kappa shape index (κ3) is 3.29. The van der Waals surface area contributed by atoms with Gasteiger partial charge in [0.05, 0.1) is 17.3 Å². The van der Waals surface area contributed by atoms with Crippen LogP contribution in [0.3, 0.4) is 0 Å². The first-order valence-electron chi connectivity index (χ1n) is 6.32. The largest absolute Gasteiger partial charge is 0.497 e. The molecule has 0 amide bonds. The number of thiazole rings is 1. The summed E-state index contributed by atoms with van der Waals surface area (Å²) in [5.74, 6) is 0.811. The summed E-state index contributed by atoms with van der Waals surface area (Å²) in [6.07, 6.45) is 0. The maximum atomic E-state index is 5.30. The molecule has 4 nitrogen and oxygen atoms in total. The van der Waals surface area contributed by atoms with Gasteiger partial charge >= 0.3 is 0 Å². The Morgan fingerprint density at radius 2 is 1.86 bits per heavy atom. The maximum absolute atomic E-state index is 5.30. The van der Waals surface area contributed by atoms with Crippen molar-refractivity contribution in [2.75, 3.05) is 17.7 Å². The SMILES string of the molecule is COc1ccc(NC(=S)Nc2nc3ccccc3s2)cc1. The number of aromatic nitrogens is 1. The van der Waals surface area contributed by atoms with Crippen molar-refractivity contribution >= 4 is 49.7 Å². The number of para-hydroxylation sites is 1. The summed E-state index contributed by atoms with van der Waals surface area (Å²) in [6, 6.07) is 15.6. The lowest BCUT2D eigenvalue weighted by Crippen LogP contribution is -2.18. The summed E-state index contributed by atoms with van der Waals surface area (Å²) in [4.78, 5) is 4.48. The van der Waals surface area contributed by atoms with E-state index in [2.05, 4.69) is 15.6 Å². The summed E-state index contributed by atoms with van der Waals surface area (Å²) in [7, 11) is 1.64. The second kappa shape index (κ2) is 6.07. The highest BCUT2D eigenvalue weighted by molar-refractivity contribution is 7.80. The highest BCUT2D eigenvalue weighted by Crippen LogP contribution is 2.25. The third-order valence-corrected chi connectivity index (χ3v) is 4.02. The van der Waals surface area contributed by atoms with Gasteiger partial charge < -0.3 is 15.4 Å². The van der Waals surface area contributed by atoms with Gasteiger partial charge in [-0.2, -0.15) is 0 Å². The van der Waals surface area contributed by atoms with E-state index in [9.17, 15) is 0 Å². The van der Waals surface area contributed by atoms with Crippen LogP contribution >= 0.6 is 23.6 Å². The van der Waals surface area contributed by atoms with E-state index in [1.807, 2.05) is 48.5 Å². The van der Waals surface area contributed by atoms with Gasteiger partial charge in [0.1, 0.15) is 5.75 Å². The van der Waals surface area contributed by atoms with Crippen molar-refractivity contribution in [2.45, 2.75) is 0 Å². The Morgan fingerprint density at radius 1 is 1.10 bits per heavy atom. The van der Waals surface area contributed by atoms with Crippen LogP contribution in [0.5, 0.6) is 5.75 Å². The van der Waals surface area contributed by atoms with Gasteiger partial charge in [-0.15, -0.1) is 0 Å². The molecular weight excluding hydrogens is 302 g/mol. The quantitative estimate of drug-likeness (QED) is 0.712. The maximum Gasteiger partial charge on any atom is 0.190 e. The summed E-state index contributed by atoms with van der Waals surface area (Å²) in [6.45, 7) is 0. The Morgan fingerprint density at radius 3 is 2.57 bits per heavy atom. The minimum Gasteiger partial charge on any atom is -0.497 e. The van der Waals surface area contributed by atoms with E-state index in [1.165, 1.54) is 0 Å². The molecule has 0 bridgehead atoms. The lowest BCUT2D eigenvalue weighted by Gasteiger charge is -2.08. The smallest absolute Gasteiger partial charge is 0.190 e. The molecule has 3 aromatic rings. The molecule has 0 aliphatic carbocycles. The molecule has 106 valence electrons. The fourth-order valence-electron chi connectivity index (χ4n) is 1.86. The van der Waals surface area contributed by atoms with Crippen LogP contribution in [-0.2, 0) is 0 Å². The zero-order valence-corrected chi connectivity index (χ0v) is 12.9. The number of rotatable bonds is 3. The first-order chi connectivity index (χ1) is 10.2. The van der Waals surface area contributed by atoms with Crippen LogP contribution in [-0.4, -0.2) is 17.2 Å². The van der Waals surface area contributed by atoms with Crippen molar-refractivity contribution in [1.82, 2.24) is 4.98 Å². The molecule has 6 heteroatoms. The Hall–Kier alpha value is -2.18. The average molecular weight is 315 g/mol. The molecule has 0 atom stereocenters. The molecule has 1 aromatic heterocycles. The molecule has 0 saturated heterocycles. The van der Waals surface area contributed by atoms with E-state index >= 15 is 0 Å². The van der Waals surface area contributed by atoms with Crippen LogP contribution in [0.2, 0.25) is 0 Å². The Balaban J connectivity index is 1.67. The summed E-state index contributed by atoms with van der Waals surface area (Å²) in [5.41, 5.74) is 1.87. The van der Waals surface area contributed by atoms with Crippen molar-refractivity contribution in [3.8, 4) is 5.75 Å². The number of anilines is 2. The number of thiocarbonyl (C=S) groups is 1. The molecule has 0 aliphatic rings. The van der Waals surface area contributed by atoms with Gasteiger partial charge in [-0.05, 0) is 48.6 Å². The third-order valence-electron chi connectivity index (χ3n) is 2.86. The van der Waals surface area contributed by atoms with Gasteiger partial charge in [-0.1, -0.05) is 23.5 Å². The van der Waals surface area contributed by atoms with Crippen molar-refractivity contribution in [3.63, 3.8) is 0 Å². The normalized spacial score (nSPS) is 10.3. The highest BCUT2D eigenvalue weighted by atomic mass is 32.1. The molecule has 0 unspecified atom stereocenters. The summed E-state index contributed by atoms with van der Waals surface area (Å²) >= 11 is 6.87. The summed E-state index contributed by atoms with van der Waals surface area (Å²) in [5, 5.41) is 7.52. The van der Waals surface area contributed by atoms with E-state index < -0.39 is 0 Å². The van der Waals surface area contributed by atoms with E-state index in [0.717, 1.165) is 26.8 Å². The molecule has 0 aliphatic heterocycles.